The van der Waals surface area contributed by atoms with Crippen LogP contribution in [0.4, 0.5) is 0 Å². The van der Waals surface area contributed by atoms with Crippen LogP contribution in [0.3, 0.4) is 0 Å². The van der Waals surface area contributed by atoms with Gasteiger partial charge in [0.2, 0.25) is 0 Å². The Morgan fingerprint density at radius 2 is 1.52 bits per heavy atom. The van der Waals surface area contributed by atoms with Crippen molar-refractivity contribution in [3.8, 4) is 0 Å². The Balaban J connectivity index is 2.72. The van der Waals surface area contributed by atoms with E-state index in [-0.39, 0.29) is 35.9 Å². The first-order valence-corrected chi connectivity index (χ1v) is 11.6. The third kappa shape index (κ3) is 7.50. The van der Waals surface area contributed by atoms with Crippen LogP contribution in [-0.2, 0) is 23.9 Å². The summed E-state index contributed by atoms with van der Waals surface area (Å²) in [7, 11) is 0. The highest BCUT2D eigenvalue weighted by atomic mass is 16.6. The average Bonchev–Trinajstić information content (AvgIpc) is 3.01. The maximum Gasteiger partial charge on any atom is 0.312 e. The van der Waals surface area contributed by atoms with Gasteiger partial charge in [0, 0.05) is 0 Å². The van der Waals surface area contributed by atoms with E-state index in [0.717, 1.165) is 19.3 Å². The van der Waals surface area contributed by atoms with Gasteiger partial charge in [-0.25, -0.2) is 0 Å². The standard InChI is InChI=1S/C25H44O6/c1-16-10-11-18(14-16)19(17(2)20(26)27)21(28)30-12-13-31-22(29)25(9,24(6,7)8)15-23(3,4)5/h16-19H,10-15H2,1-9H3,(H,26,27). The van der Waals surface area contributed by atoms with Crippen LogP contribution in [0.15, 0.2) is 0 Å². The number of aliphatic carboxylic acids is 1. The number of carbonyl (C=O) groups excluding carboxylic acids is 2. The van der Waals surface area contributed by atoms with Gasteiger partial charge in [-0.3, -0.25) is 14.4 Å². The predicted molar refractivity (Wildman–Crippen MR) is 120 cm³/mol. The lowest BCUT2D eigenvalue weighted by Crippen LogP contribution is -2.44. The Bertz CT molecular complexity index is 641. The molecule has 0 aliphatic heterocycles. The molecule has 1 N–H and O–H groups in total. The smallest absolute Gasteiger partial charge is 0.312 e. The molecule has 0 spiro atoms. The number of hydrogen-bond acceptors (Lipinski definition) is 5. The fourth-order valence-corrected chi connectivity index (χ4v) is 4.77. The van der Waals surface area contributed by atoms with E-state index in [1.165, 1.54) is 0 Å². The molecular formula is C25H44O6. The lowest BCUT2D eigenvalue weighted by molar-refractivity contribution is -0.170. The summed E-state index contributed by atoms with van der Waals surface area (Å²) in [5.74, 6) is -2.76. The summed E-state index contributed by atoms with van der Waals surface area (Å²) in [4.78, 5) is 37.3. The van der Waals surface area contributed by atoms with Crippen LogP contribution in [0.25, 0.3) is 0 Å². The molecule has 0 saturated heterocycles. The van der Waals surface area contributed by atoms with Crippen molar-refractivity contribution in [2.45, 2.75) is 88.0 Å². The van der Waals surface area contributed by atoms with E-state index in [1.807, 2.05) is 27.7 Å². The molecule has 0 aromatic rings. The van der Waals surface area contributed by atoms with E-state index in [4.69, 9.17) is 9.47 Å². The largest absolute Gasteiger partial charge is 0.481 e. The van der Waals surface area contributed by atoms with Crippen LogP contribution in [0.1, 0.15) is 88.0 Å². The van der Waals surface area contributed by atoms with Crippen molar-refractivity contribution in [1.82, 2.24) is 0 Å². The van der Waals surface area contributed by atoms with Gasteiger partial charge in [0.05, 0.1) is 17.3 Å². The van der Waals surface area contributed by atoms with Gasteiger partial charge in [0.1, 0.15) is 13.2 Å². The van der Waals surface area contributed by atoms with Crippen molar-refractivity contribution in [1.29, 1.82) is 0 Å². The maximum absolute atomic E-state index is 13.0. The number of carbonyl (C=O) groups is 3. The number of carboxylic acid groups (broad SMARTS) is 1. The molecule has 1 aliphatic rings. The van der Waals surface area contributed by atoms with E-state index in [9.17, 15) is 19.5 Å². The molecule has 1 rings (SSSR count). The Kier molecular flexibility index (Phi) is 9.16. The Morgan fingerprint density at radius 1 is 0.968 bits per heavy atom. The molecule has 6 nitrogen and oxygen atoms in total. The molecule has 1 saturated carbocycles. The second-order valence-corrected chi connectivity index (χ2v) is 12.0. The maximum atomic E-state index is 13.0. The molecular weight excluding hydrogens is 396 g/mol. The summed E-state index contributed by atoms with van der Waals surface area (Å²) in [6.07, 6.45) is 3.34. The number of esters is 2. The molecule has 6 heteroatoms. The highest BCUT2D eigenvalue weighted by molar-refractivity contribution is 5.81. The van der Waals surface area contributed by atoms with Crippen LogP contribution in [0.2, 0.25) is 0 Å². The third-order valence-corrected chi connectivity index (χ3v) is 6.99. The zero-order valence-electron chi connectivity index (χ0n) is 21.0. The molecule has 0 aromatic heterocycles. The fourth-order valence-electron chi connectivity index (χ4n) is 4.77. The summed E-state index contributed by atoms with van der Waals surface area (Å²) in [5, 5.41) is 9.45. The summed E-state index contributed by atoms with van der Waals surface area (Å²) in [5.41, 5.74) is -1.03. The van der Waals surface area contributed by atoms with Crippen molar-refractivity contribution < 1.29 is 29.0 Å². The van der Waals surface area contributed by atoms with Gasteiger partial charge >= 0.3 is 17.9 Å². The number of hydrogen-bond donors (Lipinski definition) is 1. The summed E-state index contributed by atoms with van der Waals surface area (Å²) >= 11 is 0. The summed E-state index contributed by atoms with van der Waals surface area (Å²) in [6.45, 7) is 17.9. The van der Waals surface area contributed by atoms with Crippen LogP contribution < -0.4 is 0 Å². The number of carboxylic acids is 1. The zero-order valence-corrected chi connectivity index (χ0v) is 21.0. The molecule has 0 radical (unpaired) electrons. The molecule has 0 bridgehead atoms. The van der Waals surface area contributed by atoms with E-state index >= 15 is 0 Å². The number of rotatable bonds is 9. The van der Waals surface area contributed by atoms with Crippen molar-refractivity contribution in [3.05, 3.63) is 0 Å². The minimum absolute atomic E-state index is 0.0205. The third-order valence-electron chi connectivity index (χ3n) is 6.99. The molecule has 31 heavy (non-hydrogen) atoms. The van der Waals surface area contributed by atoms with Crippen LogP contribution in [0, 0.1) is 39.9 Å². The minimum Gasteiger partial charge on any atom is -0.481 e. The van der Waals surface area contributed by atoms with Crippen LogP contribution >= 0.6 is 0 Å². The highest BCUT2D eigenvalue weighted by Crippen LogP contribution is 2.47. The Morgan fingerprint density at radius 3 is 1.94 bits per heavy atom. The molecule has 0 amide bonds. The lowest BCUT2D eigenvalue weighted by atomic mass is 9.61. The van der Waals surface area contributed by atoms with Gasteiger partial charge in [-0.05, 0) is 48.9 Å². The van der Waals surface area contributed by atoms with Gasteiger partial charge in [-0.15, -0.1) is 0 Å². The molecule has 5 atom stereocenters. The SMILES string of the molecule is CC1CCC(C(C(=O)OCCOC(=O)C(C)(CC(C)(C)C)C(C)(C)C)C(C)C(=O)O)C1. The van der Waals surface area contributed by atoms with Crippen molar-refractivity contribution in [3.63, 3.8) is 0 Å². The topological polar surface area (TPSA) is 89.9 Å². The van der Waals surface area contributed by atoms with Gasteiger partial charge in [0.15, 0.2) is 0 Å². The summed E-state index contributed by atoms with van der Waals surface area (Å²) < 4.78 is 10.9. The first-order valence-electron chi connectivity index (χ1n) is 11.6. The monoisotopic (exact) mass is 440 g/mol. The molecule has 180 valence electrons. The highest BCUT2D eigenvalue weighted by Gasteiger charge is 2.47. The molecule has 1 fully saturated rings. The van der Waals surface area contributed by atoms with Crippen LogP contribution in [-0.4, -0.2) is 36.2 Å². The first-order chi connectivity index (χ1) is 14.0. The van der Waals surface area contributed by atoms with E-state index in [1.54, 1.807) is 6.92 Å². The Hall–Kier alpha value is -1.59. The molecule has 0 aromatic carbocycles. The van der Waals surface area contributed by atoms with Gasteiger partial charge < -0.3 is 14.6 Å². The van der Waals surface area contributed by atoms with E-state index in [2.05, 4.69) is 27.7 Å². The lowest BCUT2D eigenvalue weighted by Gasteiger charge is -2.43. The second kappa shape index (κ2) is 10.4. The number of ether oxygens (including phenoxy) is 2. The van der Waals surface area contributed by atoms with E-state index < -0.39 is 29.2 Å². The molecule has 0 heterocycles. The molecule has 1 aliphatic carbocycles. The average molecular weight is 441 g/mol. The van der Waals surface area contributed by atoms with Gasteiger partial charge in [-0.1, -0.05) is 61.8 Å². The predicted octanol–water partition coefficient (Wildman–Crippen LogP) is 5.33. The zero-order chi connectivity index (χ0) is 24.2. The fraction of sp³-hybridized carbons (Fsp3) is 0.880. The minimum atomic E-state index is -0.990. The molecule has 5 unspecified atom stereocenters. The van der Waals surface area contributed by atoms with Gasteiger partial charge in [0.25, 0.3) is 0 Å². The second-order valence-electron chi connectivity index (χ2n) is 12.0. The normalized spacial score (nSPS) is 23.5. The van der Waals surface area contributed by atoms with Gasteiger partial charge in [-0.2, -0.15) is 0 Å². The van der Waals surface area contributed by atoms with Crippen molar-refractivity contribution in [2.75, 3.05) is 13.2 Å². The quantitative estimate of drug-likeness (QED) is 0.385. The van der Waals surface area contributed by atoms with Crippen LogP contribution in [0.5, 0.6) is 0 Å². The van der Waals surface area contributed by atoms with Crippen molar-refractivity contribution >= 4 is 17.9 Å². The van der Waals surface area contributed by atoms with E-state index in [0.29, 0.717) is 12.3 Å². The van der Waals surface area contributed by atoms with Crippen molar-refractivity contribution in [2.24, 2.45) is 39.9 Å². The Labute approximate surface area is 188 Å². The summed E-state index contributed by atoms with van der Waals surface area (Å²) in [6, 6.07) is 0. The first kappa shape index (κ1) is 27.4.